The fourth-order valence-corrected chi connectivity index (χ4v) is 1.89. The summed E-state index contributed by atoms with van der Waals surface area (Å²) in [6.45, 7) is 0. The first-order valence-corrected chi connectivity index (χ1v) is 6.41. The van der Waals surface area contributed by atoms with Crippen molar-refractivity contribution in [2.24, 2.45) is 5.10 Å². The van der Waals surface area contributed by atoms with Crippen LogP contribution in [0.25, 0.3) is 0 Å². The van der Waals surface area contributed by atoms with E-state index in [2.05, 4.69) is 10.5 Å². The van der Waals surface area contributed by atoms with Gasteiger partial charge in [0, 0.05) is 5.56 Å². The molecule has 0 saturated heterocycles. The Morgan fingerprint density at radius 2 is 2.05 bits per heavy atom. The number of rotatable bonds is 4. The zero-order valence-corrected chi connectivity index (χ0v) is 11.9. The van der Waals surface area contributed by atoms with Crippen LogP contribution in [0.2, 0.25) is 5.02 Å². The molecule has 4 nitrogen and oxygen atoms in total. The lowest BCUT2D eigenvalue weighted by Gasteiger charge is -2.06. The Kier molecular flexibility index (Phi) is 4.90. The second kappa shape index (κ2) is 6.85. The number of hydrogen-bond acceptors (Lipinski definition) is 3. The number of halogens is 2. The normalized spacial score (nSPS) is 10.6. The van der Waals surface area contributed by atoms with E-state index in [1.165, 1.54) is 25.3 Å². The summed E-state index contributed by atoms with van der Waals surface area (Å²) < 4.78 is 18.6. The molecule has 0 saturated carbocycles. The first-order valence-electron chi connectivity index (χ1n) is 6.04. The van der Waals surface area contributed by atoms with Crippen LogP contribution in [0.5, 0.6) is 5.75 Å². The maximum Gasteiger partial charge on any atom is 0.275 e. The topological polar surface area (TPSA) is 50.7 Å². The highest BCUT2D eigenvalue weighted by Crippen LogP contribution is 2.18. The van der Waals surface area contributed by atoms with Crippen LogP contribution < -0.4 is 10.2 Å². The number of benzene rings is 2. The highest BCUT2D eigenvalue weighted by molar-refractivity contribution is 6.33. The van der Waals surface area contributed by atoms with Gasteiger partial charge in [-0.25, -0.2) is 9.82 Å². The predicted molar refractivity (Wildman–Crippen MR) is 79.5 cm³/mol. The van der Waals surface area contributed by atoms with Gasteiger partial charge in [-0.15, -0.1) is 0 Å². The minimum absolute atomic E-state index is 0.111. The lowest BCUT2D eigenvalue weighted by molar-refractivity contribution is 0.0952. The van der Waals surface area contributed by atoms with E-state index < -0.39 is 11.7 Å². The summed E-state index contributed by atoms with van der Waals surface area (Å²) >= 11 is 5.85. The number of nitrogens with zero attached hydrogens (tertiary/aromatic N) is 1. The fraction of sp³-hybridized carbons (Fsp3) is 0.0667. The van der Waals surface area contributed by atoms with Crippen LogP contribution in [0.15, 0.2) is 47.6 Å². The molecule has 1 N–H and O–H groups in total. The molecule has 0 aliphatic rings. The molecule has 2 aromatic rings. The Balaban J connectivity index is 2.12. The van der Waals surface area contributed by atoms with Crippen molar-refractivity contribution < 1.29 is 13.9 Å². The Bertz CT molecular complexity index is 669. The van der Waals surface area contributed by atoms with Crippen molar-refractivity contribution in [3.63, 3.8) is 0 Å². The largest absolute Gasteiger partial charge is 0.496 e. The van der Waals surface area contributed by atoms with Gasteiger partial charge in [-0.05, 0) is 24.3 Å². The van der Waals surface area contributed by atoms with Gasteiger partial charge in [0.2, 0.25) is 0 Å². The van der Waals surface area contributed by atoms with Crippen molar-refractivity contribution in [2.75, 3.05) is 7.11 Å². The molecule has 1 amide bonds. The number of para-hydroxylation sites is 1. The van der Waals surface area contributed by atoms with Gasteiger partial charge in [0.25, 0.3) is 5.91 Å². The second-order valence-electron chi connectivity index (χ2n) is 4.03. The first kappa shape index (κ1) is 15.0. The summed E-state index contributed by atoms with van der Waals surface area (Å²) in [6, 6.07) is 11.0. The molecule has 0 aliphatic heterocycles. The molecule has 6 heteroatoms. The average molecular weight is 307 g/mol. The molecule has 0 spiro atoms. The maximum absolute atomic E-state index is 13.5. The third-order valence-corrected chi connectivity index (χ3v) is 3.04. The maximum atomic E-state index is 13.5. The van der Waals surface area contributed by atoms with Crippen LogP contribution in [0.3, 0.4) is 0 Å². The summed E-state index contributed by atoms with van der Waals surface area (Å²) in [5.41, 5.74) is 2.74. The van der Waals surface area contributed by atoms with Crippen molar-refractivity contribution in [2.45, 2.75) is 0 Å². The SMILES string of the molecule is COc1ccccc1C(=O)N/N=C/c1c(F)cccc1Cl. The van der Waals surface area contributed by atoms with Crippen LogP contribution in [-0.2, 0) is 0 Å². The molecule has 0 radical (unpaired) electrons. The molecule has 0 bridgehead atoms. The average Bonchev–Trinajstić information content (AvgIpc) is 2.50. The summed E-state index contributed by atoms with van der Waals surface area (Å²) in [6.07, 6.45) is 1.16. The van der Waals surface area contributed by atoms with Gasteiger partial charge in [-0.3, -0.25) is 4.79 Å². The Morgan fingerprint density at radius 1 is 1.29 bits per heavy atom. The fourth-order valence-electron chi connectivity index (χ4n) is 1.68. The van der Waals surface area contributed by atoms with E-state index in [1.54, 1.807) is 24.3 Å². The monoisotopic (exact) mass is 306 g/mol. The highest BCUT2D eigenvalue weighted by atomic mass is 35.5. The van der Waals surface area contributed by atoms with Crippen molar-refractivity contribution in [3.05, 3.63) is 64.4 Å². The zero-order valence-electron chi connectivity index (χ0n) is 11.1. The molecule has 0 heterocycles. The number of carbonyl (C=O) groups excluding carboxylic acids is 1. The van der Waals surface area contributed by atoms with Gasteiger partial charge in [-0.2, -0.15) is 5.10 Å². The molecule has 2 rings (SSSR count). The van der Waals surface area contributed by atoms with E-state index in [9.17, 15) is 9.18 Å². The number of hydrazone groups is 1. The lowest BCUT2D eigenvalue weighted by atomic mass is 10.2. The first-order chi connectivity index (χ1) is 10.1. The number of hydrogen-bond donors (Lipinski definition) is 1. The van der Waals surface area contributed by atoms with Crippen LogP contribution in [-0.4, -0.2) is 19.2 Å². The van der Waals surface area contributed by atoms with Crippen LogP contribution in [0.1, 0.15) is 15.9 Å². The predicted octanol–water partition coefficient (Wildman–Crippen LogP) is 3.25. The van der Waals surface area contributed by atoms with Gasteiger partial charge >= 0.3 is 0 Å². The van der Waals surface area contributed by atoms with Crippen molar-refractivity contribution in [1.82, 2.24) is 5.43 Å². The van der Waals surface area contributed by atoms with E-state index in [0.717, 1.165) is 6.21 Å². The Labute approximate surface area is 126 Å². The van der Waals surface area contributed by atoms with Gasteiger partial charge in [0.05, 0.1) is 23.9 Å². The lowest BCUT2D eigenvalue weighted by Crippen LogP contribution is -2.18. The smallest absolute Gasteiger partial charge is 0.275 e. The van der Waals surface area contributed by atoms with Crippen molar-refractivity contribution in [3.8, 4) is 5.75 Å². The molecular weight excluding hydrogens is 295 g/mol. The van der Waals surface area contributed by atoms with Crippen LogP contribution >= 0.6 is 11.6 Å². The van der Waals surface area contributed by atoms with E-state index in [4.69, 9.17) is 16.3 Å². The van der Waals surface area contributed by atoms with Crippen LogP contribution in [0.4, 0.5) is 4.39 Å². The number of amides is 1. The van der Waals surface area contributed by atoms with E-state index in [1.807, 2.05) is 0 Å². The van der Waals surface area contributed by atoms with Gasteiger partial charge < -0.3 is 4.74 Å². The minimum Gasteiger partial charge on any atom is -0.496 e. The highest BCUT2D eigenvalue weighted by Gasteiger charge is 2.10. The van der Waals surface area contributed by atoms with Gasteiger partial charge in [-0.1, -0.05) is 29.8 Å². The minimum atomic E-state index is -0.516. The molecule has 0 aliphatic carbocycles. The summed E-state index contributed by atoms with van der Waals surface area (Å²) in [7, 11) is 1.47. The van der Waals surface area contributed by atoms with Gasteiger partial charge in [0.1, 0.15) is 11.6 Å². The van der Waals surface area contributed by atoms with E-state index in [0.29, 0.717) is 11.3 Å². The molecule has 21 heavy (non-hydrogen) atoms. The van der Waals surface area contributed by atoms with Crippen LogP contribution in [0, 0.1) is 5.82 Å². The summed E-state index contributed by atoms with van der Waals surface area (Å²) in [5, 5.41) is 3.92. The van der Waals surface area contributed by atoms with E-state index >= 15 is 0 Å². The molecule has 2 aromatic carbocycles. The second-order valence-corrected chi connectivity index (χ2v) is 4.44. The van der Waals surface area contributed by atoms with Crippen molar-refractivity contribution in [1.29, 1.82) is 0 Å². The standard InChI is InChI=1S/C15H12ClFN2O2/c1-21-14-8-3-2-5-10(14)15(20)19-18-9-11-12(16)6-4-7-13(11)17/h2-9H,1H3,(H,19,20)/b18-9+. The Morgan fingerprint density at radius 3 is 2.76 bits per heavy atom. The molecule has 0 fully saturated rings. The number of nitrogens with one attached hydrogen (secondary N) is 1. The molecular formula is C15H12ClFN2O2. The molecule has 0 unspecified atom stereocenters. The molecule has 108 valence electrons. The zero-order chi connectivity index (χ0) is 15.2. The third-order valence-electron chi connectivity index (χ3n) is 2.71. The summed E-state index contributed by atoms with van der Waals surface area (Å²) in [5.74, 6) is -0.553. The number of ether oxygens (including phenoxy) is 1. The molecule has 0 atom stereocenters. The Hall–Kier alpha value is -2.40. The number of methoxy groups -OCH3 is 1. The summed E-state index contributed by atoms with van der Waals surface area (Å²) in [4.78, 5) is 12.0. The number of carbonyl (C=O) groups is 1. The van der Waals surface area contributed by atoms with Gasteiger partial charge in [0.15, 0.2) is 0 Å². The third kappa shape index (κ3) is 3.58. The molecule has 0 aromatic heterocycles. The van der Waals surface area contributed by atoms with Crippen molar-refractivity contribution >= 4 is 23.7 Å². The van der Waals surface area contributed by atoms with E-state index in [-0.39, 0.29) is 10.6 Å². The quantitative estimate of drug-likeness (QED) is 0.696.